The molecule has 14 heteroatoms. The summed E-state index contributed by atoms with van der Waals surface area (Å²) in [7, 11) is 0. The van der Waals surface area contributed by atoms with Gasteiger partial charge in [0.05, 0.1) is 35.0 Å². The van der Waals surface area contributed by atoms with Crippen molar-refractivity contribution < 1.29 is 55.0 Å². The number of hydrogen-bond donors (Lipinski definition) is 0. The van der Waals surface area contributed by atoms with E-state index in [9.17, 15) is 45.5 Å². The first-order valence-electron chi connectivity index (χ1n) is 19.2. The lowest BCUT2D eigenvalue weighted by molar-refractivity contribution is -0.288. The van der Waals surface area contributed by atoms with E-state index < -0.39 is 28.9 Å². The summed E-state index contributed by atoms with van der Waals surface area (Å²) in [6.45, 7) is 0. The zero-order valence-corrected chi connectivity index (χ0v) is 30.7. The summed E-state index contributed by atoms with van der Waals surface area (Å²) in [4.78, 5) is 55.0. The van der Waals surface area contributed by atoms with Crippen LogP contribution in [-0.2, 0) is 24.6 Å². The van der Waals surface area contributed by atoms with E-state index in [0.717, 1.165) is 46.9 Å². The van der Waals surface area contributed by atoms with E-state index in [0.29, 0.717) is 35.6 Å². The minimum absolute atomic E-state index is 0.0339. The van der Waals surface area contributed by atoms with Gasteiger partial charge in [-0.15, -0.1) is 0 Å². The number of nitrogens with zero attached hydrogens (tertiary/aromatic N) is 2. The molecule has 8 nitrogen and oxygen atoms in total. The molecule has 4 bridgehead atoms. The monoisotopic (exact) mass is 810 g/mol. The van der Waals surface area contributed by atoms with Gasteiger partial charge in [0.1, 0.15) is 23.0 Å². The average Bonchev–Trinajstić information content (AvgIpc) is 4.06. The van der Waals surface area contributed by atoms with E-state index in [2.05, 4.69) is 0 Å². The molecule has 2 aliphatic heterocycles. The van der Waals surface area contributed by atoms with Crippen LogP contribution in [0, 0.1) is 47.3 Å². The first-order valence-corrected chi connectivity index (χ1v) is 19.2. The minimum Gasteiger partial charge on any atom is -0.457 e. The molecule has 4 aromatic carbocycles. The number of anilines is 2. The second-order valence-corrected chi connectivity index (χ2v) is 16.0. The molecule has 2 saturated heterocycles. The van der Waals surface area contributed by atoms with Crippen molar-refractivity contribution in [3.05, 3.63) is 132 Å². The maximum absolute atomic E-state index is 14.9. The van der Waals surface area contributed by atoms with Crippen molar-refractivity contribution in [2.24, 2.45) is 47.3 Å². The Morgan fingerprint density at radius 1 is 0.407 bits per heavy atom. The standard InChI is InChI=1S/C45H32F6N2O6/c46-44(47,48)43(45(49,50)51,27-5-13-31(14-6-27)58-33-17-9-29(10-18-33)52-39(54)35-23-1-2-24(21-23)36(35)40(52)55)28-7-15-32(16-8-28)59-34-19-11-30(12-20-34)53-41(56)37-25-3-4-26(22-25)38(37)42(53)57/h1-20,23-26,35-38H,21-22H2/t23-,24-,25-,26+,35-,36+,37-,38+/m0/s1. The van der Waals surface area contributed by atoms with Gasteiger partial charge in [-0.25, -0.2) is 0 Å². The van der Waals surface area contributed by atoms with Crippen LogP contribution >= 0.6 is 0 Å². The highest BCUT2D eigenvalue weighted by Crippen LogP contribution is 2.57. The highest BCUT2D eigenvalue weighted by molar-refractivity contribution is 6.23. The number of carbonyl (C=O) groups excluding carboxylic acids is 4. The number of amides is 4. The normalized spacial score (nSPS) is 28.0. The third-order valence-electron chi connectivity index (χ3n) is 13.0. The molecule has 8 atom stereocenters. The highest BCUT2D eigenvalue weighted by Gasteiger charge is 2.72. The van der Waals surface area contributed by atoms with Crippen molar-refractivity contribution in [3.8, 4) is 23.0 Å². The van der Waals surface area contributed by atoms with Crippen LogP contribution in [0.4, 0.5) is 37.7 Å². The first kappa shape index (κ1) is 37.1. The van der Waals surface area contributed by atoms with Gasteiger partial charge >= 0.3 is 12.4 Å². The number of carbonyl (C=O) groups is 4. The Balaban J connectivity index is 0.850. The molecule has 0 radical (unpaired) electrons. The first-order chi connectivity index (χ1) is 28.2. The highest BCUT2D eigenvalue weighted by atomic mass is 19.4. The lowest BCUT2D eigenvalue weighted by atomic mass is 9.73. The number of hydrogen-bond acceptors (Lipinski definition) is 6. The van der Waals surface area contributed by atoms with Gasteiger partial charge in [0, 0.05) is 0 Å². The van der Waals surface area contributed by atoms with Crippen LogP contribution in [0.15, 0.2) is 121 Å². The maximum Gasteiger partial charge on any atom is 0.411 e. The predicted molar refractivity (Wildman–Crippen MR) is 199 cm³/mol. The Morgan fingerprint density at radius 3 is 0.915 bits per heavy atom. The molecule has 0 unspecified atom stereocenters. The molecule has 4 aliphatic carbocycles. The summed E-state index contributed by atoms with van der Waals surface area (Å²) in [5, 5.41) is 0. The van der Waals surface area contributed by atoms with Gasteiger partial charge in [-0.1, -0.05) is 48.6 Å². The number of fused-ring (bicyclic) bond motifs is 10. The molecule has 2 saturated carbocycles. The average molecular weight is 811 g/mol. The van der Waals surface area contributed by atoms with Crippen LogP contribution < -0.4 is 19.3 Å². The molecular formula is C45H32F6N2O6. The molecule has 2 heterocycles. The molecule has 4 amide bonds. The number of imide groups is 2. The molecule has 300 valence electrons. The van der Waals surface area contributed by atoms with Gasteiger partial charge in [0.2, 0.25) is 29.0 Å². The van der Waals surface area contributed by atoms with Gasteiger partial charge in [-0.05, 0) is 120 Å². The molecule has 10 rings (SSSR count). The van der Waals surface area contributed by atoms with Crippen LogP contribution in [0.1, 0.15) is 24.0 Å². The van der Waals surface area contributed by atoms with Crippen molar-refractivity contribution >= 4 is 35.0 Å². The number of allylic oxidation sites excluding steroid dienone is 4. The molecule has 59 heavy (non-hydrogen) atoms. The van der Waals surface area contributed by atoms with Gasteiger partial charge in [0.25, 0.3) is 0 Å². The summed E-state index contributed by atoms with van der Waals surface area (Å²) in [5.74, 6) is -2.25. The summed E-state index contributed by atoms with van der Waals surface area (Å²) < 4.78 is 101. The van der Waals surface area contributed by atoms with E-state index in [1.807, 2.05) is 24.3 Å². The fourth-order valence-electron chi connectivity index (χ4n) is 10.4. The summed E-state index contributed by atoms with van der Waals surface area (Å²) in [6.07, 6.45) is -2.16. The van der Waals surface area contributed by atoms with Crippen molar-refractivity contribution in [3.63, 3.8) is 0 Å². The van der Waals surface area contributed by atoms with Gasteiger partial charge in [-0.2, -0.15) is 26.3 Å². The van der Waals surface area contributed by atoms with Crippen molar-refractivity contribution in [1.82, 2.24) is 0 Å². The fraction of sp³-hybridized carbons (Fsp3) is 0.289. The lowest BCUT2D eigenvalue weighted by Crippen LogP contribution is -2.54. The second-order valence-electron chi connectivity index (χ2n) is 16.0. The fourth-order valence-corrected chi connectivity index (χ4v) is 10.4. The number of halogens is 6. The molecular weight excluding hydrogens is 778 g/mol. The van der Waals surface area contributed by atoms with Gasteiger partial charge in [0.15, 0.2) is 0 Å². The van der Waals surface area contributed by atoms with E-state index in [1.54, 1.807) is 0 Å². The van der Waals surface area contributed by atoms with Crippen LogP contribution in [0.5, 0.6) is 23.0 Å². The topological polar surface area (TPSA) is 93.2 Å². The second kappa shape index (κ2) is 12.9. The van der Waals surface area contributed by atoms with E-state index in [1.165, 1.54) is 48.5 Å². The Hall–Kier alpha value is -6.18. The Labute approximate surface area is 332 Å². The number of alkyl halides is 6. The molecule has 0 spiro atoms. The zero-order chi connectivity index (χ0) is 41.2. The smallest absolute Gasteiger partial charge is 0.411 e. The number of ether oxygens (including phenoxy) is 2. The van der Waals surface area contributed by atoms with Crippen LogP contribution in [0.25, 0.3) is 0 Å². The lowest BCUT2D eigenvalue weighted by Gasteiger charge is -2.38. The minimum atomic E-state index is -5.83. The molecule has 0 aromatic heterocycles. The third-order valence-corrected chi connectivity index (χ3v) is 13.0. The maximum atomic E-state index is 14.9. The number of rotatable bonds is 8. The predicted octanol–water partition coefficient (Wildman–Crippen LogP) is 9.30. The van der Waals surface area contributed by atoms with Crippen molar-refractivity contribution in [1.29, 1.82) is 0 Å². The van der Waals surface area contributed by atoms with E-state index in [4.69, 9.17) is 9.47 Å². The van der Waals surface area contributed by atoms with Crippen LogP contribution in [0.2, 0.25) is 0 Å². The molecule has 4 aromatic rings. The van der Waals surface area contributed by atoms with Gasteiger partial charge in [-0.3, -0.25) is 29.0 Å². The Kier molecular flexibility index (Phi) is 8.12. The SMILES string of the molecule is O=C1[C@@H]2[C@H](C(=O)N1c1ccc(Oc3ccc(C(c4ccc(Oc5ccc(N6C(=O)[C@@H]7[C@H](C6=O)[C@H]6C=C[C@H]7C6)cc5)cc4)(C(F)(F)F)C(F)(F)F)cc3)cc1)[C@@H]1C=C[C@H]2C1. The Bertz CT molecular complexity index is 2230. The van der Waals surface area contributed by atoms with E-state index in [-0.39, 0.29) is 94.0 Å². The third kappa shape index (κ3) is 5.44. The summed E-state index contributed by atoms with van der Waals surface area (Å²) >= 11 is 0. The largest absolute Gasteiger partial charge is 0.457 e. The molecule has 4 fully saturated rings. The van der Waals surface area contributed by atoms with Gasteiger partial charge < -0.3 is 9.47 Å². The van der Waals surface area contributed by atoms with Crippen LogP contribution in [0.3, 0.4) is 0 Å². The summed E-state index contributed by atoms with van der Waals surface area (Å²) in [5.41, 5.74) is -5.94. The van der Waals surface area contributed by atoms with Crippen LogP contribution in [-0.4, -0.2) is 36.0 Å². The van der Waals surface area contributed by atoms with E-state index >= 15 is 0 Å². The molecule has 0 N–H and O–H groups in total. The van der Waals surface area contributed by atoms with Crippen molar-refractivity contribution in [2.75, 3.05) is 9.80 Å². The van der Waals surface area contributed by atoms with Crippen molar-refractivity contribution in [2.45, 2.75) is 30.6 Å². The summed E-state index contributed by atoms with van der Waals surface area (Å²) in [6, 6.07) is 18.7. The number of benzene rings is 4. The zero-order valence-electron chi connectivity index (χ0n) is 30.7. The quantitative estimate of drug-likeness (QED) is 0.100. The molecule has 6 aliphatic rings. The Morgan fingerprint density at radius 2 is 0.661 bits per heavy atom.